The van der Waals surface area contributed by atoms with Crippen LogP contribution in [0.3, 0.4) is 0 Å². The summed E-state index contributed by atoms with van der Waals surface area (Å²) in [5.74, 6) is -1.84. The second kappa shape index (κ2) is 6.28. The molecule has 0 aliphatic carbocycles. The topological polar surface area (TPSA) is 32.3 Å². The molecule has 1 atom stereocenters. The summed E-state index contributed by atoms with van der Waals surface area (Å²) in [6.45, 7) is 1.81. The van der Waals surface area contributed by atoms with E-state index in [1.807, 2.05) is 0 Å². The third-order valence-corrected chi connectivity index (χ3v) is 3.20. The Bertz CT molecular complexity index is 629. The van der Waals surface area contributed by atoms with Gasteiger partial charge in [-0.1, -0.05) is 18.2 Å². The summed E-state index contributed by atoms with van der Waals surface area (Å²) in [5, 5.41) is 13.2. The van der Waals surface area contributed by atoms with Crippen molar-refractivity contribution in [1.29, 1.82) is 0 Å². The van der Waals surface area contributed by atoms with Gasteiger partial charge in [-0.15, -0.1) is 0 Å². The van der Waals surface area contributed by atoms with Gasteiger partial charge >= 0.3 is 0 Å². The van der Waals surface area contributed by atoms with Gasteiger partial charge < -0.3 is 10.4 Å². The smallest absolute Gasteiger partial charge is 0.132 e. The number of hydrogen-bond acceptors (Lipinski definition) is 2. The minimum atomic E-state index is -1.49. The van der Waals surface area contributed by atoms with Gasteiger partial charge in [-0.3, -0.25) is 0 Å². The van der Waals surface area contributed by atoms with E-state index in [2.05, 4.69) is 5.32 Å². The van der Waals surface area contributed by atoms with Gasteiger partial charge in [0.05, 0.1) is 0 Å². The molecule has 0 bridgehead atoms. The fraction of sp³-hybridized carbons (Fsp3) is 0.250. The summed E-state index contributed by atoms with van der Waals surface area (Å²) in [6, 6.07) is 9.09. The first kappa shape index (κ1) is 15.5. The van der Waals surface area contributed by atoms with Crippen molar-refractivity contribution in [3.05, 3.63) is 71.0 Å². The second-order valence-electron chi connectivity index (χ2n) is 5.13. The summed E-state index contributed by atoms with van der Waals surface area (Å²) in [5.41, 5.74) is -0.772. The van der Waals surface area contributed by atoms with E-state index < -0.39 is 17.2 Å². The summed E-state index contributed by atoms with van der Waals surface area (Å²) in [7, 11) is 0. The zero-order valence-electron chi connectivity index (χ0n) is 11.5. The molecule has 0 spiro atoms. The number of hydrogen-bond donors (Lipinski definition) is 2. The monoisotopic (exact) mass is 295 g/mol. The van der Waals surface area contributed by atoms with Crippen molar-refractivity contribution in [2.75, 3.05) is 6.54 Å². The number of aliphatic hydroxyl groups is 1. The molecule has 2 rings (SSSR count). The SMILES string of the molecule is CC(O)(CNCc1cccc(F)c1)c1ccc(F)cc1F. The highest BCUT2D eigenvalue weighted by Gasteiger charge is 2.26. The van der Waals surface area contributed by atoms with Gasteiger partial charge in [-0.2, -0.15) is 0 Å². The predicted molar refractivity (Wildman–Crippen MR) is 74.0 cm³/mol. The second-order valence-corrected chi connectivity index (χ2v) is 5.13. The number of nitrogens with one attached hydrogen (secondary N) is 1. The lowest BCUT2D eigenvalue weighted by molar-refractivity contribution is 0.0528. The molecule has 21 heavy (non-hydrogen) atoms. The van der Waals surface area contributed by atoms with Crippen molar-refractivity contribution in [1.82, 2.24) is 5.32 Å². The highest BCUT2D eigenvalue weighted by Crippen LogP contribution is 2.23. The molecule has 2 aromatic carbocycles. The van der Waals surface area contributed by atoms with Gasteiger partial charge in [-0.25, -0.2) is 13.2 Å². The zero-order chi connectivity index (χ0) is 15.5. The first-order valence-corrected chi connectivity index (χ1v) is 6.51. The molecule has 0 saturated heterocycles. The summed E-state index contributed by atoms with van der Waals surface area (Å²) in [6.07, 6.45) is 0. The maximum atomic E-state index is 13.7. The third-order valence-electron chi connectivity index (χ3n) is 3.20. The minimum Gasteiger partial charge on any atom is -0.384 e. The molecule has 0 aliphatic rings. The summed E-state index contributed by atoms with van der Waals surface area (Å²) < 4.78 is 39.6. The summed E-state index contributed by atoms with van der Waals surface area (Å²) >= 11 is 0. The van der Waals surface area contributed by atoms with E-state index in [-0.39, 0.29) is 17.9 Å². The fourth-order valence-corrected chi connectivity index (χ4v) is 2.12. The van der Waals surface area contributed by atoms with Crippen LogP contribution in [-0.4, -0.2) is 11.7 Å². The Morgan fingerprint density at radius 1 is 1.05 bits per heavy atom. The molecule has 112 valence electrons. The van der Waals surface area contributed by atoms with Gasteiger partial charge in [0.1, 0.15) is 23.1 Å². The molecule has 0 radical (unpaired) electrons. The molecule has 5 heteroatoms. The van der Waals surface area contributed by atoms with Crippen LogP contribution < -0.4 is 5.32 Å². The van der Waals surface area contributed by atoms with Crippen LogP contribution in [0.4, 0.5) is 13.2 Å². The largest absolute Gasteiger partial charge is 0.384 e. The van der Waals surface area contributed by atoms with Crippen LogP contribution in [0.2, 0.25) is 0 Å². The van der Waals surface area contributed by atoms with Gasteiger partial charge in [0, 0.05) is 24.7 Å². The van der Waals surface area contributed by atoms with Crippen molar-refractivity contribution in [2.24, 2.45) is 0 Å². The van der Waals surface area contributed by atoms with Crippen LogP contribution in [-0.2, 0) is 12.1 Å². The third kappa shape index (κ3) is 4.06. The first-order valence-electron chi connectivity index (χ1n) is 6.51. The standard InChI is InChI=1S/C16H16F3NO/c1-16(21,14-6-5-13(18)8-15(14)19)10-20-9-11-3-2-4-12(17)7-11/h2-8,20-21H,9-10H2,1H3. The lowest BCUT2D eigenvalue weighted by Gasteiger charge is -2.25. The fourth-order valence-electron chi connectivity index (χ4n) is 2.12. The molecular formula is C16H16F3NO. The maximum absolute atomic E-state index is 13.7. The Morgan fingerprint density at radius 2 is 1.76 bits per heavy atom. The molecule has 0 fully saturated rings. The van der Waals surface area contributed by atoms with E-state index in [4.69, 9.17) is 0 Å². The minimum absolute atomic E-state index is 0.00985. The average Bonchev–Trinajstić information content (AvgIpc) is 2.38. The van der Waals surface area contributed by atoms with Crippen LogP contribution in [0.15, 0.2) is 42.5 Å². The van der Waals surface area contributed by atoms with E-state index >= 15 is 0 Å². The predicted octanol–water partition coefficient (Wildman–Crippen LogP) is 3.10. The number of halogens is 3. The normalized spacial score (nSPS) is 14.0. The van der Waals surface area contributed by atoms with Crippen LogP contribution in [0.25, 0.3) is 0 Å². The van der Waals surface area contributed by atoms with E-state index in [1.54, 1.807) is 12.1 Å². The van der Waals surface area contributed by atoms with E-state index in [9.17, 15) is 18.3 Å². The molecule has 0 aliphatic heterocycles. The van der Waals surface area contributed by atoms with Gasteiger partial charge in [-0.05, 0) is 30.7 Å². The zero-order valence-corrected chi connectivity index (χ0v) is 11.5. The molecular weight excluding hydrogens is 279 g/mol. The first-order chi connectivity index (χ1) is 9.88. The van der Waals surface area contributed by atoms with E-state index in [1.165, 1.54) is 25.1 Å². The Kier molecular flexibility index (Phi) is 4.65. The molecule has 2 nitrogen and oxygen atoms in total. The number of rotatable bonds is 5. The van der Waals surface area contributed by atoms with Crippen molar-refractivity contribution < 1.29 is 18.3 Å². The quantitative estimate of drug-likeness (QED) is 0.888. The maximum Gasteiger partial charge on any atom is 0.132 e. The van der Waals surface area contributed by atoms with Gasteiger partial charge in [0.2, 0.25) is 0 Å². The molecule has 0 saturated carbocycles. The van der Waals surface area contributed by atoms with E-state index in [0.717, 1.165) is 12.1 Å². The van der Waals surface area contributed by atoms with Gasteiger partial charge in [0.25, 0.3) is 0 Å². The molecule has 0 aromatic heterocycles. The van der Waals surface area contributed by atoms with E-state index in [0.29, 0.717) is 12.1 Å². The van der Waals surface area contributed by atoms with Gasteiger partial charge in [0.15, 0.2) is 0 Å². The number of benzene rings is 2. The van der Waals surface area contributed by atoms with Crippen LogP contribution in [0.1, 0.15) is 18.1 Å². The summed E-state index contributed by atoms with van der Waals surface area (Å²) in [4.78, 5) is 0. The lowest BCUT2D eigenvalue weighted by atomic mass is 9.95. The van der Waals surface area contributed by atoms with Crippen molar-refractivity contribution in [2.45, 2.75) is 19.1 Å². The lowest BCUT2D eigenvalue weighted by Crippen LogP contribution is -2.36. The Hall–Kier alpha value is -1.85. The van der Waals surface area contributed by atoms with Crippen molar-refractivity contribution >= 4 is 0 Å². The highest BCUT2D eigenvalue weighted by atomic mass is 19.1. The van der Waals surface area contributed by atoms with Crippen LogP contribution >= 0.6 is 0 Å². The Labute approximate surface area is 121 Å². The Balaban J connectivity index is 2.01. The van der Waals surface area contributed by atoms with Crippen molar-refractivity contribution in [3.8, 4) is 0 Å². The van der Waals surface area contributed by atoms with Crippen molar-refractivity contribution in [3.63, 3.8) is 0 Å². The molecule has 1 unspecified atom stereocenters. The Morgan fingerprint density at radius 3 is 2.43 bits per heavy atom. The molecule has 0 heterocycles. The van der Waals surface area contributed by atoms with Crippen LogP contribution in [0, 0.1) is 17.5 Å². The van der Waals surface area contributed by atoms with Crippen LogP contribution in [0.5, 0.6) is 0 Å². The molecule has 2 aromatic rings. The molecule has 2 N–H and O–H groups in total. The average molecular weight is 295 g/mol. The highest BCUT2D eigenvalue weighted by molar-refractivity contribution is 5.25. The molecule has 0 amide bonds.